The van der Waals surface area contributed by atoms with Gasteiger partial charge in [0.25, 0.3) is 0 Å². The Balaban J connectivity index is 1.99. The first-order valence-corrected chi connectivity index (χ1v) is 7.63. The molecule has 0 saturated carbocycles. The summed E-state index contributed by atoms with van der Waals surface area (Å²) in [5, 5.41) is 4.00. The molecule has 0 heterocycles. The van der Waals surface area contributed by atoms with Gasteiger partial charge >= 0.3 is 0 Å². The first kappa shape index (κ1) is 17.5. The van der Waals surface area contributed by atoms with E-state index in [9.17, 15) is 4.79 Å². The third-order valence-corrected chi connectivity index (χ3v) is 3.68. The Kier molecular flexibility index (Phi) is 5.95. The zero-order valence-corrected chi connectivity index (χ0v) is 14.4. The number of carbonyl (C=O) groups excluding carboxylic acids is 1. The average Bonchev–Trinajstić information content (AvgIpc) is 2.57. The highest BCUT2D eigenvalue weighted by Gasteiger charge is 2.06. The molecule has 0 spiro atoms. The largest absolute Gasteiger partial charge is 0.497 e. The van der Waals surface area contributed by atoms with E-state index in [4.69, 9.17) is 9.47 Å². The summed E-state index contributed by atoms with van der Waals surface area (Å²) in [5.74, 6) is 1.16. The molecule has 0 saturated heterocycles. The minimum atomic E-state index is -0.161. The maximum atomic E-state index is 12.0. The molecule has 1 N–H and O–H groups in total. The van der Waals surface area contributed by atoms with E-state index in [1.165, 1.54) is 5.56 Å². The third-order valence-electron chi connectivity index (χ3n) is 3.68. The molecule has 2 aromatic rings. The van der Waals surface area contributed by atoms with Crippen LogP contribution in [0.1, 0.15) is 22.3 Å². The van der Waals surface area contributed by atoms with Crippen LogP contribution in [0, 0.1) is 13.8 Å². The number of nitrogens with zero attached hydrogens (tertiary/aromatic N) is 1. The van der Waals surface area contributed by atoms with E-state index >= 15 is 0 Å². The Bertz CT molecular complexity index is 754. The van der Waals surface area contributed by atoms with Crippen LogP contribution in [0.15, 0.2) is 41.5 Å². The summed E-state index contributed by atoms with van der Waals surface area (Å²) in [4.78, 5) is 12.0. The van der Waals surface area contributed by atoms with Crippen molar-refractivity contribution in [2.45, 2.75) is 20.3 Å². The average molecular weight is 326 g/mol. The number of hydrogen-bond acceptors (Lipinski definition) is 4. The van der Waals surface area contributed by atoms with Crippen LogP contribution >= 0.6 is 0 Å². The van der Waals surface area contributed by atoms with Gasteiger partial charge in [0, 0.05) is 11.6 Å². The van der Waals surface area contributed by atoms with Crippen LogP contribution in [0.5, 0.6) is 11.5 Å². The molecule has 0 fully saturated rings. The molecule has 0 aliphatic carbocycles. The third kappa shape index (κ3) is 4.59. The molecule has 5 heteroatoms. The van der Waals surface area contributed by atoms with Crippen molar-refractivity contribution in [3.63, 3.8) is 0 Å². The molecule has 0 aliphatic heterocycles. The van der Waals surface area contributed by atoms with E-state index in [2.05, 4.69) is 16.6 Å². The van der Waals surface area contributed by atoms with Gasteiger partial charge in [0.05, 0.1) is 26.9 Å². The lowest BCUT2D eigenvalue weighted by Gasteiger charge is -2.07. The Labute approximate surface area is 142 Å². The molecule has 0 unspecified atom stereocenters. The summed E-state index contributed by atoms with van der Waals surface area (Å²) >= 11 is 0. The van der Waals surface area contributed by atoms with Crippen molar-refractivity contribution in [1.29, 1.82) is 0 Å². The van der Waals surface area contributed by atoms with Gasteiger partial charge in [-0.15, -0.1) is 0 Å². The van der Waals surface area contributed by atoms with Crippen molar-refractivity contribution in [2.24, 2.45) is 5.10 Å². The second-order valence-electron chi connectivity index (χ2n) is 5.51. The van der Waals surface area contributed by atoms with Crippen LogP contribution < -0.4 is 14.9 Å². The SMILES string of the molecule is COc1ccc(/C=N\NC(=O)Cc2ccc(C)cc2C)c(OC)c1. The van der Waals surface area contributed by atoms with Gasteiger partial charge in [0.15, 0.2) is 0 Å². The van der Waals surface area contributed by atoms with E-state index in [1.54, 1.807) is 32.6 Å². The van der Waals surface area contributed by atoms with Crippen molar-refractivity contribution in [1.82, 2.24) is 5.43 Å². The molecule has 24 heavy (non-hydrogen) atoms. The quantitative estimate of drug-likeness (QED) is 0.656. The van der Waals surface area contributed by atoms with Crippen molar-refractivity contribution in [3.05, 3.63) is 58.7 Å². The van der Waals surface area contributed by atoms with Gasteiger partial charge in [-0.05, 0) is 37.1 Å². The normalized spacial score (nSPS) is 10.7. The van der Waals surface area contributed by atoms with Gasteiger partial charge in [-0.2, -0.15) is 5.10 Å². The van der Waals surface area contributed by atoms with Gasteiger partial charge < -0.3 is 9.47 Å². The Hall–Kier alpha value is -2.82. The Morgan fingerprint density at radius 3 is 2.58 bits per heavy atom. The molecule has 1 amide bonds. The lowest BCUT2D eigenvalue weighted by molar-refractivity contribution is -0.120. The highest BCUT2D eigenvalue weighted by molar-refractivity contribution is 5.86. The first-order chi connectivity index (χ1) is 11.5. The number of hydrogen-bond donors (Lipinski definition) is 1. The molecular weight excluding hydrogens is 304 g/mol. The number of amides is 1. The summed E-state index contributed by atoms with van der Waals surface area (Å²) in [7, 11) is 3.17. The lowest BCUT2D eigenvalue weighted by Crippen LogP contribution is -2.20. The van der Waals surface area contributed by atoms with Crippen molar-refractivity contribution in [2.75, 3.05) is 14.2 Å². The van der Waals surface area contributed by atoms with Crippen molar-refractivity contribution >= 4 is 12.1 Å². The Morgan fingerprint density at radius 1 is 1.12 bits per heavy atom. The van der Waals surface area contributed by atoms with Gasteiger partial charge in [0.2, 0.25) is 5.91 Å². The number of rotatable bonds is 6. The first-order valence-electron chi connectivity index (χ1n) is 7.63. The topological polar surface area (TPSA) is 59.9 Å². The second-order valence-corrected chi connectivity index (χ2v) is 5.51. The van der Waals surface area contributed by atoms with Crippen molar-refractivity contribution in [3.8, 4) is 11.5 Å². The zero-order chi connectivity index (χ0) is 17.5. The highest BCUT2D eigenvalue weighted by Crippen LogP contribution is 2.23. The zero-order valence-electron chi connectivity index (χ0n) is 14.4. The molecule has 0 radical (unpaired) electrons. The summed E-state index contributed by atoms with van der Waals surface area (Å²) in [6.45, 7) is 4.03. The fourth-order valence-electron chi connectivity index (χ4n) is 2.36. The van der Waals surface area contributed by atoms with Gasteiger partial charge in [0.1, 0.15) is 11.5 Å². The monoisotopic (exact) mass is 326 g/mol. The number of ether oxygens (including phenoxy) is 2. The van der Waals surface area contributed by atoms with E-state index in [0.29, 0.717) is 17.9 Å². The fourth-order valence-corrected chi connectivity index (χ4v) is 2.36. The molecule has 2 rings (SSSR count). The van der Waals surface area contributed by atoms with Gasteiger partial charge in [-0.25, -0.2) is 5.43 Å². The number of methoxy groups -OCH3 is 2. The maximum Gasteiger partial charge on any atom is 0.244 e. The predicted octanol–water partition coefficient (Wildman–Crippen LogP) is 3.01. The van der Waals surface area contributed by atoms with E-state index in [1.807, 2.05) is 32.0 Å². The number of nitrogens with one attached hydrogen (secondary N) is 1. The molecule has 0 atom stereocenters. The summed E-state index contributed by atoms with van der Waals surface area (Å²) in [5.41, 5.74) is 6.58. The van der Waals surface area contributed by atoms with Crippen LogP contribution in [0.25, 0.3) is 0 Å². The molecule has 5 nitrogen and oxygen atoms in total. The number of hydrazone groups is 1. The fraction of sp³-hybridized carbons (Fsp3) is 0.263. The van der Waals surface area contributed by atoms with Crippen LogP contribution in [0.2, 0.25) is 0 Å². The maximum absolute atomic E-state index is 12.0. The van der Waals surface area contributed by atoms with Gasteiger partial charge in [-0.3, -0.25) is 4.79 Å². The molecule has 126 valence electrons. The van der Waals surface area contributed by atoms with Crippen LogP contribution in [0.3, 0.4) is 0 Å². The molecule has 0 bridgehead atoms. The molecule has 0 aromatic heterocycles. The summed E-state index contributed by atoms with van der Waals surface area (Å²) in [6, 6.07) is 11.4. The predicted molar refractivity (Wildman–Crippen MR) is 94.9 cm³/mol. The molecule has 0 aliphatic rings. The highest BCUT2D eigenvalue weighted by atomic mass is 16.5. The molecule has 2 aromatic carbocycles. The minimum absolute atomic E-state index is 0.161. The lowest BCUT2D eigenvalue weighted by atomic mass is 10.0. The van der Waals surface area contributed by atoms with E-state index in [0.717, 1.165) is 16.7 Å². The van der Waals surface area contributed by atoms with Crippen LogP contribution in [0.4, 0.5) is 0 Å². The Morgan fingerprint density at radius 2 is 1.92 bits per heavy atom. The van der Waals surface area contributed by atoms with E-state index in [-0.39, 0.29) is 5.91 Å². The molecular formula is C19H22N2O3. The standard InChI is InChI=1S/C19H22N2O3/c1-13-5-6-15(14(2)9-13)10-19(22)21-20-12-16-7-8-17(23-3)11-18(16)24-4/h5-9,11-12H,10H2,1-4H3,(H,21,22)/b20-12-. The smallest absolute Gasteiger partial charge is 0.244 e. The summed E-state index contributed by atoms with van der Waals surface area (Å²) < 4.78 is 10.4. The van der Waals surface area contributed by atoms with E-state index < -0.39 is 0 Å². The summed E-state index contributed by atoms with van der Waals surface area (Å²) in [6.07, 6.45) is 1.85. The second kappa shape index (κ2) is 8.15. The van der Waals surface area contributed by atoms with Crippen LogP contribution in [-0.4, -0.2) is 26.3 Å². The number of carbonyl (C=O) groups is 1. The minimum Gasteiger partial charge on any atom is -0.497 e. The van der Waals surface area contributed by atoms with Gasteiger partial charge in [-0.1, -0.05) is 23.8 Å². The van der Waals surface area contributed by atoms with Crippen molar-refractivity contribution < 1.29 is 14.3 Å². The van der Waals surface area contributed by atoms with Crippen LogP contribution in [-0.2, 0) is 11.2 Å². The number of aryl methyl sites for hydroxylation is 2. The number of benzene rings is 2.